The normalized spacial score (nSPS) is 19.0. The van der Waals surface area contributed by atoms with Gasteiger partial charge in [0.2, 0.25) is 34.8 Å². The average Bonchev–Trinajstić information content (AvgIpc) is 3.06. The molecule has 0 saturated carbocycles. The number of rotatable bonds is 8. The van der Waals surface area contributed by atoms with Crippen molar-refractivity contribution in [2.75, 3.05) is 26.2 Å². The van der Waals surface area contributed by atoms with Crippen LogP contribution in [-0.2, 0) is 32.0 Å². The van der Waals surface area contributed by atoms with Crippen LogP contribution in [-0.4, -0.2) is 70.2 Å². The van der Waals surface area contributed by atoms with Gasteiger partial charge in [0.1, 0.15) is 0 Å². The Morgan fingerprint density at radius 3 is 1.82 bits per heavy atom. The van der Waals surface area contributed by atoms with E-state index in [0.29, 0.717) is 12.8 Å². The van der Waals surface area contributed by atoms with E-state index >= 15 is 0 Å². The summed E-state index contributed by atoms with van der Waals surface area (Å²) in [6, 6.07) is 2.82. The molecular formula is C27H32N4O9. The van der Waals surface area contributed by atoms with Gasteiger partial charge in [-0.1, -0.05) is 12.1 Å². The molecule has 13 nitrogen and oxygen atoms in total. The van der Waals surface area contributed by atoms with Crippen LogP contribution in [0.5, 0.6) is 23.0 Å². The van der Waals surface area contributed by atoms with Crippen molar-refractivity contribution in [1.82, 2.24) is 21.3 Å². The molecule has 40 heavy (non-hydrogen) atoms. The van der Waals surface area contributed by atoms with Gasteiger partial charge in [0.15, 0.2) is 17.2 Å². The van der Waals surface area contributed by atoms with Crippen molar-refractivity contribution >= 4 is 34.4 Å². The van der Waals surface area contributed by atoms with E-state index in [1.54, 1.807) is 0 Å². The summed E-state index contributed by atoms with van der Waals surface area (Å²) in [5.74, 6) is -4.86. The highest BCUT2D eigenvalue weighted by Crippen LogP contribution is 2.46. The highest BCUT2D eigenvalue weighted by molar-refractivity contribution is 5.99. The maximum atomic E-state index is 13.0. The van der Waals surface area contributed by atoms with Gasteiger partial charge in [0.25, 0.3) is 0 Å². The molecule has 2 aliphatic rings. The Bertz CT molecular complexity index is 1410. The van der Waals surface area contributed by atoms with Crippen molar-refractivity contribution in [3.8, 4) is 23.0 Å². The maximum Gasteiger partial charge on any atom is 0.224 e. The van der Waals surface area contributed by atoms with Gasteiger partial charge in [0, 0.05) is 50.1 Å². The Balaban J connectivity index is 1.52. The second-order valence-corrected chi connectivity index (χ2v) is 10.0. The summed E-state index contributed by atoms with van der Waals surface area (Å²) in [5.41, 5.74) is -0.622. The third kappa shape index (κ3) is 6.03. The van der Waals surface area contributed by atoms with E-state index in [1.807, 2.05) is 0 Å². The van der Waals surface area contributed by atoms with E-state index in [1.165, 1.54) is 12.1 Å². The minimum atomic E-state index is -0.918. The molecule has 0 radical (unpaired) electrons. The Hall–Kier alpha value is -4.55. The largest absolute Gasteiger partial charge is 0.504 e. The molecule has 2 aromatic rings. The second kappa shape index (κ2) is 12.1. The van der Waals surface area contributed by atoms with E-state index < -0.39 is 34.3 Å². The fraction of sp³-hybridized carbons (Fsp3) is 0.444. The number of aromatic hydroxyl groups is 4. The summed E-state index contributed by atoms with van der Waals surface area (Å²) in [5, 5.41) is 52.6. The molecule has 214 valence electrons. The summed E-state index contributed by atoms with van der Waals surface area (Å²) >= 11 is 0. The molecular weight excluding hydrogens is 524 g/mol. The van der Waals surface area contributed by atoms with Crippen LogP contribution in [0.1, 0.15) is 36.8 Å². The number of amides is 4. The number of phenolic OH excluding ortho intramolecular Hbond substituents is 3. The first-order chi connectivity index (χ1) is 19.1. The number of phenols is 3. The predicted octanol–water partition coefficient (Wildman–Crippen LogP) is -0.608. The number of hydrogen-bond acceptors (Lipinski definition) is 9. The van der Waals surface area contributed by atoms with Crippen molar-refractivity contribution in [3.05, 3.63) is 33.5 Å². The lowest BCUT2D eigenvalue weighted by molar-refractivity contribution is -0.130. The second-order valence-electron chi connectivity index (χ2n) is 10.0. The summed E-state index contributed by atoms with van der Waals surface area (Å²) in [6.45, 7) is 0.549. The molecule has 2 atom stereocenters. The summed E-state index contributed by atoms with van der Waals surface area (Å²) in [6.07, 6.45) is 1.35. The van der Waals surface area contributed by atoms with Crippen molar-refractivity contribution < 1.29 is 39.6 Å². The van der Waals surface area contributed by atoms with Gasteiger partial charge in [-0.3, -0.25) is 24.0 Å². The molecule has 0 aromatic heterocycles. The van der Waals surface area contributed by atoms with Crippen LogP contribution < -0.4 is 26.7 Å². The van der Waals surface area contributed by atoms with Gasteiger partial charge in [0.05, 0.1) is 17.2 Å². The molecule has 4 rings (SSSR count). The molecule has 13 heteroatoms. The maximum absolute atomic E-state index is 13.0. The first-order valence-corrected chi connectivity index (χ1v) is 13.1. The van der Waals surface area contributed by atoms with Gasteiger partial charge < -0.3 is 41.7 Å². The zero-order valence-corrected chi connectivity index (χ0v) is 21.7. The standard InChI is InChI=1S/C27H32N4O9/c32-18-5-2-14(11-30-18)26(39)28-9-7-13-1-4-16-17(8-10-29-27(40)15-3-6-19(33)31-12-15)22(35)25(38)24(37)20(16)23(36)21(13)34/h1,4,14-15,35,37-38H,2-3,5-12H2,(H,28,39)(H,29,40)(H,30,32)(H,31,33)(H,34,36). The number of piperidine rings is 2. The van der Waals surface area contributed by atoms with E-state index in [-0.39, 0.29) is 103 Å². The third-order valence-corrected chi connectivity index (χ3v) is 7.40. The molecule has 2 unspecified atom stereocenters. The van der Waals surface area contributed by atoms with Gasteiger partial charge in [-0.2, -0.15) is 0 Å². The number of benzene rings is 1. The first kappa shape index (κ1) is 28.5. The summed E-state index contributed by atoms with van der Waals surface area (Å²) in [7, 11) is 0. The molecule has 2 heterocycles. The van der Waals surface area contributed by atoms with Crippen LogP contribution >= 0.6 is 0 Å². The average molecular weight is 557 g/mol. The fourth-order valence-electron chi connectivity index (χ4n) is 5.01. The predicted molar refractivity (Wildman–Crippen MR) is 142 cm³/mol. The molecule has 0 bridgehead atoms. The number of nitrogens with one attached hydrogen (secondary N) is 4. The monoisotopic (exact) mass is 556 g/mol. The van der Waals surface area contributed by atoms with Gasteiger partial charge in [-0.25, -0.2) is 0 Å². The van der Waals surface area contributed by atoms with Crippen LogP contribution in [0.25, 0.3) is 10.8 Å². The van der Waals surface area contributed by atoms with E-state index in [2.05, 4.69) is 21.3 Å². The van der Waals surface area contributed by atoms with Crippen LogP contribution in [0.2, 0.25) is 0 Å². The summed E-state index contributed by atoms with van der Waals surface area (Å²) < 4.78 is 0. The molecule has 2 fully saturated rings. The molecule has 8 N–H and O–H groups in total. The Labute approximate surface area is 228 Å². The lowest BCUT2D eigenvalue weighted by Crippen LogP contribution is -2.43. The Morgan fingerprint density at radius 1 is 0.750 bits per heavy atom. The number of carbonyl (C=O) groups excluding carboxylic acids is 4. The SMILES string of the molecule is O=C1CCC(C(=O)NCCc2ccc3c(CCNC(=O)C4CCC(=O)NC4)c(O)c(O)c(O)c3c(O)c2=O)CN1. The van der Waals surface area contributed by atoms with Gasteiger partial charge >= 0.3 is 0 Å². The molecule has 0 spiro atoms. The number of carbonyl (C=O) groups is 4. The zero-order chi connectivity index (χ0) is 29.0. The quantitative estimate of drug-likeness (QED) is 0.194. The van der Waals surface area contributed by atoms with Gasteiger partial charge in [-0.15, -0.1) is 0 Å². The summed E-state index contributed by atoms with van der Waals surface area (Å²) in [4.78, 5) is 60.5. The first-order valence-electron chi connectivity index (χ1n) is 13.1. The Kier molecular flexibility index (Phi) is 8.61. The third-order valence-electron chi connectivity index (χ3n) is 7.40. The van der Waals surface area contributed by atoms with Crippen molar-refractivity contribution in [2.45, 2.75) is 38.5 Å². The van der Waals surface area contributed by atoms with Crippen LogP contribution in [0.15, 0.2) is 16.9 Å². The lowest BCUT2D eigenvalue weighted by atomic mass is 9.98. The van der Waals surface area contributed by atoms with Crippen LogP contribution in [0.4, 0.5) is 0 Å². The fourth-order valence-corrected chi connectivity index (χ4v) is 5.01. The van der Waals surface area contributed by atoms with Crippen LogP contribution in [0.3, 0.4) is 0 Å². The van der Waals surface area contributed by atoms with E-state index in [4.69, 9.17) is 0 Å². The molecule has 0 aliphatic carbocycles. The molecule has 2 aliphatic heterocycles. The molecule has 2 saturated heterocycles. The van der Waals surface area contributed by atoms with Crippen molar-refractivity contribution in [3.63, 3.8) is 0 Å². The highest BCUT2D eigenvalue weighted by atomic mass is 16.3. The number of hydrogen-bond donors (Lipinski definition) is 8. The topological polar surface area (TPSA) is 214 Å². The smallest absolute Gasteiger partial charge is 0.224 e. The lowest BCUT2D eigenvalue weighted by Gasteiger charge is -2.21. The molecule has 2 aromatic carbocycles. The van der Waals surface area contributed by atoms with E-state index in [9.17, 15) is 44.4 Å². The van der Waals surface area contributed by atoms with Crippen molar-refractivity contribution in [2.24, 2.45) is 11.8 Å². The van der Waals surface area contributed by atoms with E-state index in [0.717, 1.165) is 0 Å². The molecule has 4 amide bonds. The Morgan fingerprint density at radius 2 is 1.30 bits per heavy atom. The minimum Gasteiger partial charge on any atom is -0.504 e. The number of fused-ring (bicyclic) bond motifs is 1. The highest BCUT2D eigenvalue weighted by Gasteiger charge is 2.26. The minimum absolute atomic E-state index is 0.0120. The van der Waals surface area contributed by atoms with Gasteiger partial charge in [-0.05, 0) is 31.1 Å². The van der Waals surface area contributed by atoms with Crippen molar-refractivity contribution in [1.29, 1.82) is 0 Å². The van der Waals surface area contributed by atoms with Crippen LogP contribution in [0, 0.1) is 11.8 Å². The zero-order valence-electron chi connectivity index (χ0n) is 21.7.